The molecule has 7 nitrogen and oxygen atoms in total. The average molecular weight is 460 g/mol. The number of hydrogen-bond acceptors (Lipinski definition) is 5. The molecule has 0 atom stereocenters. The molecule has 2 rings (SSSR count). The highest BCUT2D eigenvalue weighted by Gasteiger charge is 2.27. The first-order chi connectivity index (χ1) is 14.7. The van der Waals surface area contributed by atoms with Crippen molar-refractivity contribution in [2.24, 2.45) is 0 Å². The molecule has 1 aromatic heterocycles. The second kappa shape index (κ2) is 10.1. The Kier molecular flexibility index (Phi) is 8.02. The highest BCUT2D eigenvalue weighted by Crippen LogP contribution is 2.22. The molecule has 0 aliphatic rings. The van der Waals surface area contributed by atoms with E-state index in [2.05, 4.69) is 15.6 Å². The lowest BCUT2D eigenvalue weighted by Gasteiger charge is -2.28. The summed E-state index contributed by atoms with van der Waals surface area (Å²) < 4.78 is 0. The van der Waals surface area contributed by atoms with Crippen LogP contribution in [0.3, 0.4) is 0 Å². The van der Waals surface area contributed by atoms with Gasteiger partial charge >= 0.3 is 0 Å². The Labute approximate surface area is 193 Å². The van der Waals surface area contributed by atoms with E-state index in [1.165, 1.54) is 12.3 Å². The number of phenols is 1. The molecular formula is C24H30ClN3O4. The summed E-state index contributed by atoms with van der Waals surface area (Å²) >= 11 is 5.93. The molecule has 32 heavy (non-hydrogen) atoms. The van der Waals surface area contributed by atoms with Crippen molar-refractivity contribution in [3.05, 3.63) is 58.4 Å². The first-order valence-electron chi connectivity index (χ1n) is 10.3. The zero-order valence-electron chi connectivity index (χ0n) is 19.1. The van der Waals surface area contributed by atoms with Crippen LogP contribution in [0, 0.1) is 0 Å². The van der Waals surface area contributed by atoms with Crippen LogP contribution in [0.2, 0.25) is 5.02 Å². The number of ketones is 1. The van der Waals surface area contributed by atoms with Gasteiger partial charge in [0.05, 0.1) is 0 Å². The van der Waals surface area contributed by atoms with Crippen molar-refractivity contribution in [2.45, 2.75) is 65.0 Å². The van der Waals surface area contributed by atoms with E-state index in [1.54, 1.807) is 38.1 Å². The van der Waals surface area contributed by atoms with E-state index < -0.39 is 11.4 Å². The van der Waals surface area contributed by atoms with Crippen molar-refractivity contribution in [1.29, 1.82) is 0 Å². The summed E-state index contributed by atoms with van der Waals surface area (Å²) in [7, 11) is 0. The summed E-state index contributed by atoms with van der Waals surface area (Å²) in [5, 5.41) is 16.0. The number of nitrogens with zero attached hydrogens (tertiary/aromatic N) is 1. The number of Topliss-reactive ketones (excluding diaryl/α,β-unsaturated/α-hetero) is 1. The van der Waals surface area contributed by atoms with E-state index in [4.69, 9.17) is 11.6 Å². The van der Waals surface area contributed by atoms with Gasteiger partial charge in [-0.15, -0.1) is 0 Å². The summed E-state index contributed by atoms with van der Waals surface area (Å²) in [5.41, 5.74) is 0.0841. The minimum absolute atomic E-state index is 0.00951. The van der Waals surface area contributed by atoms with E-state index >= 15 is 0 Å². The van der Waals surface area contributed by atoms with E-state index in [0.29, 0.717) is 16.1 Å². The fourth-order valence-electron chi connectivity index (χ4n) is 3.19. The van der Waals surface area contributed by atoms with Crippen LogP contribution < -0.4 is 10.6 Å². The van der Waals surface area contributed by atoms with Gasteiger partial charge in [0.1, 0.15) is 17.2 Å². The minimum atomic E-state index is -0.788. The molecule has 2 amide bonds. The molecule has 0 aliphatic carbocycles. The predicted molar refractivity (Wildman–Crippen MR) is 124 cm³/mol. The minimum Gasteiger partial charge on any atom is -0.508 e. The Bertz CT molecular complexity index is 1010. The lowest BCUT2D eigenvalue weighted by atomic mass is 9.98. The lowest BCUT2D eigenvalue weighted by Crippen LogP contribution is -2.49. The van der Waals surface area contributed by atoms with Crippen molar-refractivity contribution in [3.8, 4) is 5.75 Å². The molecule has 0 saturated heterocycles. The summed E-state index contributed by atoms with van der Waals surface area (Å²) in [5.74, 6) is -0.728. The molecule has 1 aromatic carbocycles. The van der Waals surface area contributed by atoms with E-state index in [0.717, 1.165) is 0 Å². The van der Waals surface area contributed by atoms with Crippen LogP contribution in [0.4, 0.5) is 0 Å². The SMILES string of the molecule is CC(C)(C)NC(=O)CC(C)(C)NC(=O)c1cc(CC(=O)Cc2cc(Cl)ccc2O)ccn1. The standard InChI is InChI=1S/C24H30ClN3O4/c1-23(2,3)27-21(31)14-24(4,5)28-22(32)19-11-15(8-9-26-19)10-18(29)13-16-12-17(25)6-7-20(16)30/h6-9,11-12,30H,10,13-14H2,1-5H3,(H,27,31)(H,28,32). The van der Waals surface area contributed by atoms with Crippen LogP contribution in [0.15, 0.2) is 36.5 Å². The second-order valence-electron chi connectivity index (χ2n) is 9.53. The maximum absolute atomic E-state index is 12.7. The molecular weight excluding hydrogens is 430 g/mol. The summed E-state index contributed by atoms with van der Waals surface area (Å²) in [4.78, 5) is 41.5. The molecule has 0 fully saturated rings. The third-order valence-electron chi connectivity index (χ3n) is 4.46. The number of aromatic hydroxyl groups is 1. The zero-order valence-corrected chi connectivity index (χ0v) is 19.8. The number of halogens is 1. The van der Waals surface area contributed by atoms with Gasteiger partial charge in [0.25, 0.3) is 5.91 Å². The maximum atomic E-state index is 12.7. The number of nitrogens with one attached hydrogen (secondary N) is 2. The lowest BCUT2D eigenvalue weighted by molar-refractivity contribution is -0.123. The fraction of sp³-hybridized carbons (Fsp3) is 0.417. The van der Waals surface area contributed by atoms with Gasteiger partial charge in [0.15, 0.2) is 0 Å². The van der Waals surface area contributed by atoms with Crippen LogP contribution >= 0.6 is 11.6 Å². The van der Waals surface area contributed by atoms with Crippen molar-refractivity contribution in [1.82, 2.24) is 15.6 Å². The Morgan fingerprint density at radius 3 is 2.34 bits per heavy atom. The van der Waals surface area contributed by atoms with Gasteiger partial charge in [-0.3, -0.25) is 19.4 Å². The third-order valence-corrected chi connectivity index (χ3v) is 4.69. The predicted octanol–water partition coefficient (Wildman–Crippen LogP) is 3.61. The molecule has 172 valence electrons. The monoisotopic (exact) mass is 459 g/mol. The largest absolute Gasteiger partial charge is 0.508 e. The van der Waals surface area contributed by atoms with Gasteiger partial charge < -0.3 is 15.7 Å². The highest BCUT2D eigenvalue weighted by molar-refractivity contribution is 6.30. The van der Waals surface area contributed by atoms with Crippen LogP contribution in [-0.4, -0.2) is 38.8 Å². The number of rotatable bonds is 8. The Morgan fingerprint density at radius 2 is 1.69 bits per heavy atom. The van der Waals surface area contributed by atoms with E-state index in [9.17, 15) is 19.5 Å². The first kappa shape index (κ1) is 25.3. The Balaban J connectivity index is 2.02. The van der Waals surface area contributed by atoms with Gasteiger partial charge in [0, 0.05) is 47.1 Å². The highest BCUT2D eigenvalue weighted by atomic mass is 35.5. The number of hydrogen-bond donors (Lipinski definition) is 3. The Morgan fingerprint density at radius 1 is 1.00 bits per heavy atom. The molecule has 0 radical (unpaired) electrons. The van der Waals surface area contributed by atoms with Crippen molar-refractivity contribution >= 4 is 29.2 Å². The molecule has 1 heterocycles. The first-order valence-corrected chi connectivity index (χ1v) is 10.7. The van der Waals surface area contributed by atoms with Gasteiger partial charge in [-0.1, -0.05) is 11.6 Å². The number of phenolic OH excluding ortho intramolecular Hbond substituents is 1. The fourth-order valence-corrected chi connectivity index (χ4v) is 3.38. The average Bonchev–Trinajstić information content (AvgIpc) is 2.62. The number of carbonyl (C=O) groups excluding carboxylic acids is 3. The van der Waals surface area contributed by atoms with E-state index in [1.807, 2.05) is 20.8 Å². The number of aromatic nitrogens is 1. The number of carbonyl (C=O) groups is 3. The number of amides is 2. The van der Waals surface area contributed by atoms with Crippen LogP contribution in [0.5, 0.6) is 5.75 Å². The quantitative estimate of drug-likeness (QED) is 0.558. The Hall–Kier alpha value is -2.93. The van der Waals surface area contributed by atoms with E-state index in [-0.39, 0.29) is 47.9 Å². The van der Waals surface area contributed by atoms with Gasteiger partial charge in [0.2, 0.25) is 5.91 Å². The zero-order chi connectivity index (χ0) is 24.1. The van der Waals surface area contributed by atoms with Crippen LogP contribution in [0.1, 0.15) is 62.7 Å². The van der Waals surface area contributed by atoms with Crippen molar-refractivity contribution < 1.29 is 19.5 Å². The van der Waals surface area contributed by atoms with Crippen LogP contribution in [0.25, 0.3) is 0 Å². The third kappa shape index (κ3) is 8.30. The molecule has 0 spiro atoms. The second-order valence-corrected chi connectivity index (χ2v) is 9.96. The van der Waals surface area contributed by atoms with Crippen LogP contribution in [-0.2, 0) is 22.4 Å². The molecule has 0 saturated carbocycles. The summed E-state index contributed by atoms with van der Waals surface area (Å²) in [6.45, 7) is 9.19. The molecule has 0 aliphatic heterocycles. The summed E-state index contributed by atoms with van der Waals surface area (Å²) in [6.07, 6.45) is 1.67. The van der Waals surface area contributed by atoms with Gasteiger partial charge in [-0.25, -0.2) is 0 Å². The van der Waals surface area contributed by atoms with Crippen molar-refractivity contribution in [2.75, 3.05) is 0 Å². The molecule has 2 aromatic rings. The number of pyridine rings is 1. The normalized spacial score (nSPS) is 11.7. The molecule has 0 unspecified atom stereocenters. The summed E-state index contributed by atoms with van der Waals surface area (Å²) in [6, 6.07) is 7.76. The smallest absolute Gasteiger partial charge is 0.270 e. The molecule has 0 bridgehead atoms. The van der Waals surface area contributed by atoms with Gasteiger partial charge in [-0.2, -0.15) is 0 Å². The number of benzene rings is 1. The topological polar surface area (TPSA) is 108 Å². The maximum Gasteiger partial charge on any atom is 0.270 e. The van der Waals surface area contributed by atoms with Crippen molar-refractivity contribution in [3.63, 3.8) is 0 Å². The van der Waals surface area contributed by atoms with Gasteiger partial charge in [-0.05, 0) is 70.5 Å². The molecule has 3 N–H and O–H groups in total. The molecule has 8 heteroatoms.